The maximum absolute atomic E-state index is 12.7. The molecular weight excluding hydrogens is 425 g/mol. The number of hydrogen-bond donors (Lipinski definition) is 1. The summed E-state index contributed by atoms with van der Waals surface area (Å²) in [5.41, 5.74) is 1.69. The molecule has 158 valence electrons. The van der Waals surface area contributed by atoms with Crippen LogP contribution in [0.25, 0.3) is 0 Å². The molecule has 1 amide bonds. The number of amides is 1. The average molecular weight is 448 g/mol. The zero-order valence-electron chi connectivity index (χ0n) is 16.6. The lowest BCUT2D eigenvalue weighted by atomic mass is 10.1. The predicted molar refractivity (Wildman–Crippen MR) is 119 cm³/mol. The van der Waals surface area contributed by atoms with Crippen molar-refractivity contribution in [1.29, 1.82) is 0 Å². The Kier molecular flexibility index (Phi) is 10.1. The van der Waals surface area contributed by atoms with Crippen LogP contribution in [0.15, 0.2) is 55.1 Å². The van der Waals surface area contributed by atoms with Gasteiger partial charge in [0.15, 0.2) is 12.7 Å². The number of rotatable bonds is 10. The lowest BCUT2D eigenvalue weighted by Crippen LogP contribution is -2.32. The minimum Gasteiger partial charge on any atom is -0.481 e. The fraction of sp³-hybridized carbons (Fsp3) is 0.261. The van der Waals surface area contributed by atoms with Gasteiger partial charge in [-0.3, -0.25) is 4.79 Å². The van der Waals surface area contributed by atoms with Gasteiger partial charge < -0.3 is 19.5 Å². The zero-order valence-corrected chi connectivity index (χ0v) is 18.1. The standard InChI is InChI=1S/C23H23Cl2NO4/c1-3-13-30-22(18-7-10-20(24)21(25)16-18)23(27)26-12-11-17-5-8-19(9-6-17)29-15-4-14-28-2/h3,5-10,16,22H,1,11-13,15H2,2H3,(H,26,27). The molecule has 2 aromatic carbocycles. The van der Waals surface area contributed by atoms with E-state index < -0.39 is 6.10 Å². The van der Waals surface area contributed by atoms with Gasteiger partial charge >= 0.3 is 0 Å². The molecule has 0 saturated heterocycles. The molecule has 2 rings (SSSR count). The Morgan fingerprint density at radius 3 is 2.63 bits per heavy atom. The van der Waals surface area contributed by atoms with E-state index in [9.17, 15) is 4.79 Å². The number of carbonyl (C=O) groups excluding carboxylic acids is 1. The van der Waals surface area contributed by atoms with E-state index in [-0.39, 0.29) is 19.1 Å². The first-order valence-electron chi connectivity index (χ1n) is 9.23. The molecule has 7 heteroatoms. The zero-order chi connectivity index (χ0) is 21.8. The molecule has 1 atom stereocenters. The van der Waals surface area contributed by atoms with Crippen LogP contribution in [0.2, 0.25) is 10.0 Å². The Bertz CT molecular complexity index is 904. The van der Waals surface area contributed by atoms with Gasteiger partial charge in [0.1, 0.15) is 11.9 Å². The second-order valence-corrected chi connectivity index (χ2v) is 6.95. The lowest BCUT2D eigenvalue weighted by molar-refractivity contribution is -0.132. The second kappa shape index (κ2) is 12.8. The first-order valence-corrected chi connectivity index (χ1v) is 9.98. The molecule has 0 aromatic heterocycles. The Hall–Kier alpha value is -2.65. The number of halogens is 2. The van der Waals surface area contributed by atoms with Gasteiger partial charge in [0, 0.05) is 6.54 Å². The highest BCUT2D eigenvalue weighted by Gasteiger charge is 2.21. The summed E-state index contributed by atoms with van der Waals surface area (Å²) in [7, 11) is 1.50. The normalized spacial score (nSPS) is 11.0. The Morgan fingerprint density at radius 1 is 1.20 bits per heavy atom. The molecule has 2 aromatic rings. The third-order valence-electron chi connectivity index (χ3n) is 3.99. The van der Waals surface area contributed by atoms with Crippen LogP contribution in [0.4, 0.5) is 0 Å². The van der Waals surface area contributed by atoms with E-state index >= 15 is 0 Å². The molecule has 1 unspecified atom stereocenters. The topological polar surface area (TPSA) is 56.8 Å². The van der Waals surface area contributed by atoms with E-state index in [1.807, 2.05) is 24.3 Å². The van der Waals surface area contributed by atoms with Crippen LogP contribution in [0.3, 0.4) is 0 Å². The van der Waals surface area contributed by atoms with E-state index in [2.05, 4.69) is 28.7 Å². The summed E-state index contributed by atoms with van der Waals surface area (Å²) >= 11 is 12.0. The van der Waals surface area contributed by atoms with E-state index in [1.54, 1.807) is 24.3 Å². The van der Waals surface area contributed by atoms with Gasteiger partial charge in [0.05, 0.1) is 23.8 Å². The van der Waals surface area contributed by atoms with Gasteiger partial charge in [-0.05, 0) is 47.7 Å². The summed E-state index contributed by atoms with van der Waals surface area (Å²) in [4.78, 5) is 12.7. The molecule has 0 heterocycles. The van der Waals surface area contributed by atoms with Crippen molar-refractivity contribution in [3.8, 4) is 17.8 Å². The average Bonchev–Trinajstić information content (AvgIpc) is 2.75. The highest BCUT2D eigenvalue weighted by Crippen LogP contribution is 2.27. The van der Waals surface area contributed by atoms with Crippen LogP contribution in [0, 0.1) is 12.0 Å². The second-order valence-electron chi connectivity index (χ2n) is 6.13. The molecule has 0 spiro atoms. The molecule has 0 aliphatic carbocycles. The van der Waals surface area contributed by atoms with Crippen molar-refractivity contribution in [3.63, 3.8) is 0 Å². The molecule has 0 aliphatic rings. The van der Waals surface area contributed by atoms with Gasteiger partial charge in [-0.1, -0.05) is 47.5 Å². The van der Waals surface area contributed by atoms with Gasteiger partial charge in [-0.25, -0.2) is 0 Å². The number of ether oxygens (including phenoxy) is 3. The summed E-state index contributed by atoms with van der Waals surface area (Å²) in [6.07, 6.45) is 3.90. The van der Waals surface area contributed by atoms with Gasteiger partial charge in [-0.2, -0.15) is 0 Å². The number of nitrogens with one attached hydrogen (secondary N) is 1. The Balaban J connectivity index is 1.90. The molecule has 0 aliphatic heterocycles. The quantitative estimate of drug-likeness (QED) is 0.427. The summed E-state index contributed by atoms with van der Waals surface area (Å²) in [5.74, 6) is 3.17. The molecule has 30 heavy (non-hydrogen) atoms. The highest BCUT2D eigenvalue weighted by molar-refractivity contribution is 6.42. The van der Waals surface area contributed by atoms with Crippen LogP contribution >= 0.6 is 23.2 Å². The van der Waals surface area contributed by atoms with Crippen molar-refractivity contribution < 1.29 is 19.0 Å². The molecule has 5 nitrogen and oxygen atoms in total. The first kappa shape index (κ1) is 23.6. The molecule has 0 bridgehead atoms. The molecule has 1 N–H and O–H groups in total. The van der Waals surface area contributed by atoms with Crippen molar-refractivity contribution in [3.05, 3.63) is 76.3 Å². The Labute approximate surface area is 186 Å². The van der Waals surface area contributed by atoms with E-state index in [1.165, 1.54) is 7.11 Å². The van der Waals surface area contributed by atoms with Gasteiger partial charge in [0.2, 0.25) is 0 Å². The van der Waals surface area contributed by atoms with E-state index in [0.29, 0.717) is 34.3 Å². The largest absolute Gasteiger partial charge is 0.481 e. The van der Waals surface area contributed by atoms with E-state index in [0.717, 1.165) is 5.56 Å². The highest BCUT2D eigenvalue weighted by atomic mass is 35.5. The van der Waals surface area contributed by atoms with Crippen LogP contribution in [0.5, 0.6) is 5.75 Å². The maximum Gasteiger partial charge on any atom is 0.253 e. The fourth-order valence-corrected chi connectivity index (χ4v) is 2.87. The fourth-order valence-electron chi connectivity index (χ4n) is 2.56. The van der Waals surface area contributed by atoms with Crippen molar-refractivity contribution in [2.75, 3.05) is 26.9 Å². The SMILES string of the molecule is C=CCOC(C(=O)NCCc1ccc(OCC#COC)cc1)c1ccc(Cl)c(Cl)c1. The summed E-state index contributed by atoms with van der Waals surface area (Å²) in [5, 5.41) is 3.68. The van der Waals surface area contributed by atoms with Crippen molar-refractivity contribution in [2.45, 2.75) is 12.5 Å². The van der Waals surface area contributed by atoms with Crippen molar-refractivity contribution >= 4 is 29.1 Å². The minimum absolute atomic E-state index is 0.231. The molecule has 0 radical (unpaired) electrons. The summed E-state index contributed by atoms with van der Waals surface area (Å²) in [6, 6.07) is 12.6. The molecular formula is C23H23Cl2NO4. The molecule has 0 fully saturated rings. The van der Waals surface area contributed by atoms with Crippen LogP contribution < -0.4 is 10.1 Å². The monoisotopic (exact) mass is 447 g/mol. The number of methoxy groups -OCH3 is 1. The lowest BCUT2D eigenvalue weighted by Gasteiger charge is -2.18. The molecule has 0 saturated carbocycles. The van der Waals surface area contributed by atoms with Gasteiger partial charge in [-0.15, -0.1) is 6.58 Å². The third-order valence-corrected chi connectivity index (χ3v) is 4.73. The predicted octanol–water partition coefficient (Wildman–Crippen LogP) is 4.58. The van der Waals surface area contributed by atoms with Crippen LogP contribution in [-0.2, 0) is 20.7 Å². The van der Waals surface area contributed by atoms with Gasteiger partial charge in [0.25, 0.3) is 5.91 Å². The maximum atomic E-state index is 12.7. The summed E-state index contributed by atoms with van der Waals surface area (Å²) in [6.45, 7) is 4.56. The Morgan fingerprint density at radius 2 is 1.97 bits per heavy atom. The number of benzene rings is 2. The third kappa shape index (κ3) is 7.64. The number of hydrogen-bond acceptors (Lipinski definition) is 4. The number of carbonyl (C=O) groups is 1. The smallest absolute Gasteiger partial charge is 0.253 e. The minimum atomic E-state index is -0.804. The van der Waals surface area contributed by atoms with Crippen molar-refractivity contribution in [2.24, 2.45) is 0 Å². The van der Waals surface area contributed by atoms with Crippen LogP contribution in [-0.4, -0.2) is 32.8 Å². The summed E-state index contributed by atoms with van der Waals surface area (Å²) < 4.78 is 15.8. The van der Waals surface area contributed by atoms with Crippen molar-refractivity contribution in [1.82, 2.24) is 5.32 Å². The van der Waals surface area contributed by atoms with Crippen LogP contribution in [0.1, 0.15) is 17.2 Å². The van der Waals surface area contributed by atoms with E-state index in [4.69, 9.17) is 32.7 Å². The first-order chi connectivity index (χ1) is 14.5.